The van der Waals surface area contributed by atoms with Gasteiger partial charge in [-0.05, 0) is 29.5 Å². The molecular weight excluding hydrogens is 308 g/mol. The number of ketones is 1. The molecule has 0 N–H and O–H groups in total. The largest absolute Gasteiger partial charge is 0.496 e. The van der Waals surface area contributed by atoms with Crippen LogP contribution in [0.15, 0.2) is 84.9 Å². The fourth-order valence-corrected chi connectivity index (χ4v) is 3.14. The van der Waals surface area contributed by atoms with Crippen molar-refractivity contribution in [1.29, 1.82) is 0 Å². The number of hydrogen-bond acceptors (Lipinski definition) is 2. The summed E-state index contributed by atoms with van der Waals surface area (Å²) in [4.78, 5) is 12.7. The Morgan fingerprint density at radius 1 is 0.840 bits per heavy atom. The van der Waals surface area contributed by atoms with Crippen LogP contribution in [0.25, 0.3) is 0 Å². The quantitative estimate of drug-likeness (QED) is 0.550. The van der Waals surface area contributed by atoms with Gasteiger partial charge >= 0.3 is 0 Å². The number of Topliss-reactive ketones (excluding diaryl/α,β-unsaturated/α-hetero) is 1. The van der Waals surface area contributed by atoms with E-state index in [4.69, 9.17) is 4.74 Å². The highest BCUT2D eigenvalue weighted by Gasteiger charge is 2.19. The summed E-state index contributed by atoms with van der Waals surface area (Å²) in [6.45, 7) is 0. The maximum Gasteiger partial charge on any atom is 0.163 e. The maximum absolute atomic E-state index is 12.7. The maximum atomic E-state index is 12.7. The summed E-state index contributed by atoms with van der Waals surface area (Å²) in [6, 6.07) is 27.8. The molecule has 0 heterocycles. The Morgan fingerprint density at radius 2 is 1.44 bits per heavy atom. The molecule has 0 spiro atoms. The Balaban J connectivity index is 1.87. The minimum Gasteiger partial charge on any atom is -0.496 e. The van der Waals surface area contributed by atoms with Gasteiger partial charge in [-0.15, -0.1) is 0 Å². The molecule has 0 aromatic heterocycles. The monoisotopic (exact) mass is 330 g/mol. The van der Waals surface area contributed by atoms with Crippen LogP contribution in [0.5, 0.6) is 5.75 Å². The highest BCUT2D eigenvalue weighted by Crippen LogP contribution is 2.30. The van der Waals surface area contributed by atoms with Gasteiger partial charge in [0.05, 0.1) is 7.11 Å². The van der Waals surface area contributed by atoms with Crippen molar-refractivity contribution in [2.75, 3.05) is 7.11 Å². The van der Waals surface area contributed by atoms with Gasteiger partial charge in [0.25, 0.3) is 0 Å². The highest BCUT2D eigenvalue weighted by atomic mass is 16.5. The molecule has 0 radical (unpaired) electrons. The van der Waals surface area contributed by atoms with E-state index in [-0.39, 0.29) is 11.7 Å². The van der Waals surface area contributed by atoms with E-state index in [1.54, 1.807) is 7.11 Å². The summed E-state index contributed by atoms with van der Waals surface area (Å²) in [5.74, 6) is 1.16. The lowest BCUT2D eigenvalue weighted by atomic mass is 9.86. The molecule has 2 heteroatoms. The van der Waals surface area contributed by atoms with Crippen molar-refractivity contribution in [1.82, 2.24) is 0 Å². The van der Waals surface area contributed by atoms with Gasteiger partial charge < -0.3 is 4.74 Å². The van der Waals surface area contributed by atoms with Crippen molar-refractivity contribution in [2.24, 2.45) is 0 Å². The van der Waals surface area contributed by atoms with Crippen LogP contribution >= 0.6 is 0 Å². The van der Waals surface area contributed by atoms with Gasteiger partial charge in [-0.25, -0.2) is 0 Å². The van der Waals surface area contributed by atoms with Gasteiger partial charge in [-0.3, -0.25) is 4.79 Å². The third kappa shape index (κ3) is 4.36. The molecule has 0 saturated heterocycles. The summed E-state index contributed by atoms with van der Waals surface area (Å²) in [6.07, 6.45) is 1.25. The van der Waals surface area contributed by atoms with Gasteiger partial charge in [0, 0.05) is 12.0 Å². The third-order valence-electron chi connectivity index (χ3n) is 4.46. The number of para-hydroxylation sites is 1. The van der Waals surface area contributed by atoms with E-state index in [0.29, 0.717) is 6.42 Å². The second-order valence-corrected chi connectivity index (χ2v) is 6.12. The SMILES string of the molecule is COc1ccccc1C[C@H](CC(=O)c1ccccc1)c1ccccc1. The van der Waals surface area contributed by atoms with Gasteiger partial charge in [-0.1, -0.05) is 78.9 Å². The molecule has 126 valence electrons. The first-order valence-electron chi connectivity index (χ1n) is 8.53. The molecule has 3 aromatic carbocycles. The topological polar surface area (TPSA) is 26.3 Å². The predicted octanol–water partition coefficient (Wildman–Crippen LogP) is 5.29. The van der Waals surface area contributed by atoms with Crippen LogP contribution in [-0.4, -0.2) is 12.9 Å². The van der Waals surface area contributed by atoms with Crippen molar-refractivity contribution in [2.45, 2.75) is 18.8 Å². The zero-order valence-electron chi connectivity index (χ0n) is 14.4. The first-order chi connectivity index (χ1) is 12.3. The number of ether oxygens (including phenoxy) is 1. The minimum absolute atomic E-state index is 0.116. The van der Waals surface area contributed by atoms with Crippen molar-refractivity contribution < 1.29 is 9.53 Å². The number of methoxy groups -OCH3 is 1. The van der Waals surface area contributed by atoms with Crippen LogP contribution in [0.4, 0.5) is 0 Å². The molecule has 0 fully saturated rings. The first-order valence-corrected chi connectivity index (χ1v) is 8.53. The van der Waals surface area contributed by atoms with Crippen molar-refractivity contribution >= 4 is 5.78 Å². The zero-order chi connectivity index (χ0) is 17.5. The smallest absolute Gasteiger partial charge is 0.163 e. The van der Waals surface area contributed by atoms with Crippen molar-refractivity contribution in [3.05, 3.63) is 102 Å². The summed E-state index contributed by atoms with van der Waals surface area (Å²) >= 11 is 0. The molecule has 0 bridgehead atoms. The normalized spacial score (nSPS) is 11.7. The molecule has 0 unspecified atom stereocenters. The van der Waals surface area contributed by atoms with Gasteiger partial charge in [-0.2, -0.15) is 0 Å². The molecule has 3 aromatic rings. The van der Waals surface area contributed by atoms with Crippen LogP contribution in [0, 0.1) is 0 Å². The zero-order valence-corrected chi connectivity index (χ0v) is 14.4. The van der Waals surface area contributed by atoms with Crippen LogP contribution in [-0.2, 0) is 6.42 Å². The minimum atomic E-state index is 0.116. The van der Waals surface area contributed by atoms with Crippen LogP contribution in [0.2, 0.25) is 0 Å². The molecule has 0 amide bonds. The second-order valence-electron chi connectivity index (χ2n) is 6.12. The average Bonchev–Trinajstić information content (AvgIpc) is 2.69. The van der Waals surface area contributed by atoms with Crippen LogP contribution < -0.4 is 4.74 Å². The van der Waals surface area contributed by atoms with Crippen LogP contribution in [0.3, 0.4) is 0 Å². The Hall–Kier alpha value is -2.87. The summed E-state index contributed by atoms with van der Waals surface area (Å²) in [7, 11) is 1.69. The fourth-order valence-electron chi connectivity index (χ4n) is 3.14. The average molecular weight is 330 g/mol. The molecule has 0 aliphatic rings. The van der Waals surface area contributed by atoms with E-state index in [9.17, 15) is 4.79 Å². The molecule has 0 saturated carbocycles. The molecular formula is C23H22O2. The molecule has 3 rings (SSSR count). The van der Waals surface area contributed by atoms with E-state index >= 15 is 0 Å². The lowest BCUT2D eigenvalue weighted by Crippen LogP contribution is -2.11. The Kier molecular flexibility index (Phi) is 5.63. The lowest BCUT2D eigenvalue weighted by Gasteiger charge is -2.18. The lowest BCUT2D eigenvalue weighted by molar-refractivity contribution is 0.0973. The number of rotatable bonds is 7. The number of benzene rings is 3. The first kappa shape index (κ1) is 17.0. The standard InChI is InChI=1S/C23H22O2/c1-25-23-15-9-8-14-20(23)16-21(18-10-4-2-5-11-18)17-22(24)19-12-6-3-7-13-19/h2-15,21H,16-17H2,1H3/t21-/m1/s1. The Bertz CT molecular complexity index is 810. The van der Waals surface area contributed by atoms with Gasteiger partial charge in [0.2, 0.25) is 0 Å². The van der Waals surface area contributed by atoms with Gasteiger partial charge in [0.15, 0.2) is 5.78 Å². The molecule has 25 heavy (non-hydrogen) atoms. The molecule has 1 atom stereocenters. The molecule has 0 aliphatic carbocycles. The van der Waals surface area contributed by atoms with E-state index < -0.39 is 0 Å². The van der Waals surface area contributed by atoms with E-state index in [1.807, 2.05) is 66.7 Å². The molecule has 0 aliphatic heterocycles. The number of hydrogen-bond donors (Lipinski definition) is 0. The predicted molar refractivity (Wildman–Crippen MR) is 101 cm³/mol. The second kappa shape index (κ2) is 8.29. The number of carbonyl (C=O) groups excluding carboxylic acids is 1. The van der Waals surface area contributed by atoms with E-state index in [0.717, 1.165) is 23.3 Å². The summed E-state index contributed by atoms with van der Waals surface area (Å²) in [5, 5.41) is 0. The van der Waals surface area contributed by atoms with E-state index in [2.05, 4.69) is 18.2 Å². The van der Waals surface area contributed by atoms with Crippen molar-refractivity contribution in [3.63, 3.8) is 0 Å². The van der Waals surface area contributed by atoms with Crippen molar-refractivity contribution in [3.8, 4) is 5.75 Å². The molecule has 2 nitrogen and oxygen atoms in total. The summed E-state index contributed by atoms with van der Waals surface area (Å²) < 4.78 is 5.49. The third-order valence-corrected chi connectivity index (χ3v) is 4.46. The Morgan fingerprint density at radius 3 is 2.12 bits per heavy atom. The highest BCUT2D eigenvalue weighted by molar-refractivity contribution is 5.96. The van der Waals surface area contributed by atoms with Gasteiger partial charge in [0.1, 0.15) is 5.75 Å². The fraction of sp³-hybridized carbons (Fsp3) is 0.174. The van der Waals surface area contributed by atoms with Crippen LogP contribution in [0.1, 0.15) is 33.8 Å². The summed E-state index contributed by atoms with van der Waals surface area (Å²) in [5.41, 5.74) is 3.07. The van der Waals surface area contributed by atoms with E-state index in [1.165, 1.54) is 5.56 Å². The Labute approximate surface area is 149 Å². The number of carbonyl (C=O) groups is 1.